The Balaban J connectivity index is 2.99. The summed E-state index contributed by atoms with van der Waals surface area (Å²) in [4.78, 5) is 10.8. The van der Waals surface area contributed by atoms with E-state index in [0.717, 1.165) is 11.1 Å². The average molecular weight is 185 g/mol. The maximum absolute atomic E-state index is 10.8. The van der Waals surface area contributed by atoms with Crippen LogP contribution < -0.4 is 0 Å². The lowest BCUT2D eigenvalue weighted by molar-refractivity contribution is -0.112. The molecule has 0 unspecified atom stereocenters. The van der Waals surface area contributed by atoms with Gasteiger partial charge in [0.05, 0.1) is 11.6 Å². The van der Waals surface area contributed by atoms with Crippen LogP contribution in [0.1, 0.15) is 25.0 Å². The van der Waals surface area contributed by atoms with E-state index in [1.165, 1.54) is 6.92 Å². The standard InChI is InChI=1S/C12H11NO/c1-9(7-10(2)14)12-5-3-11(8-13)4-6-12/h3-7H,1-2H3/b9-7-. The highest BCUT2D eigenvalue weighted by Gasteiger charge is 1.97. The Bertz CT molecular complexity index is 407. The number of ketones is 1. The molecule has 0 aliphatic carbocycles. The van der Waals surface area contributed by atoms with Gasteiger partial charge in [-0.3, -0.25) is 4.79 Å². The molecule has 0 saturated carbocycles. The van der Waals surface area contributed by atoms with Gasteiger partial charge >= 0.3 is 0 Å². The SMILES string of the molecule is CC(=O)/C=C(/C)c1ccc(C#N)cc1. The van der Waals surface area contributed by atoms with Crippen molar-refractivity contribution in [1.82, 2.24) is 0 Å². The molecule has 0 aliphatic rings. The fourth-order valence-corrected chi connectivity index (χ4v) is 1.20. The first kappa shape index (κ1) is 10.2. The third kappa shape index (κ3) is 2.56. The van der Waals surface area contributed by atoms with E-state index in [0.29, 0.717) is 5.56 Å². The highest BCUT2D eigenvalue weighted by Crippen LogP contribution is 2.14. The van der Waals surface area contributed by atoms with Crippen molar-refractivity contribution in [1.29, 1.82) is 5.26 Å². The molecule has 0 aromatic heterocycles. The Morgan fingerprint density at radius 3 is 2.29 bits per heavy atom. The number of hydrogen-bond donors (Lipinski definition) is 0. The molecule has 0 N–H and O–H groups in total. The van der Waals surface area contributed by atoms with E-state index in [1.807, 2.05) is 25.1 Å². The largest absolute Gasteiger partial charge is 0.295 e. The van der Waals surface area contributed by atoms with Crippen LogP contribution in [0.25, 0.3) is 5.57 Å². The summed E-state index contributed by atoms with van der Waals surface area (Å²) in [6.07, 6.45) is 1.58. The molecule has 2 heteroatoms. The van der Waals surface area contributed by atoms with Crippen LogP contribution in [0.5, 0.6) is 0 Å². The summed E-state index contributed by atoms with van der Waals surface area (Å²) >= 11 is 0. The molecule has 0 spiro atoms. The van der Waals surface area contributed by atoms with Gasteiger partial charge in [0.1, 0.15) is 0 Å². The number of hydrogen-bond acceptors (Lipinski definition) is 2. The first-order chi connectivity index (χ1) is 6.63. The molecule has 0 amide bonds. The van der Waals surface area contributed by atoms with Crippen molar-refractivity contribution >= 4 is 11.4 Å². The molecule has 0 bridgehead atoms. The molecule has 2 nitrogen and oxygen atoms in total. The zero-order valence-corrected chi connectivity index (χ0v) is 8.24. The lowest BCUT2D eigenvalue weighted by atomic mass is 10.0. The van der Waals surface area contributed by atoms with Crippen LogP contribution >= 0.6 is 0 Å². The lowest BCUT2D eigenvalue weighted by Gasteiger charge is -1.99. The zero-order chi connectivity index (χ0) is 10.6. The van der Waals surface area contributed by atoms with Gasteiger partial charge in [0.2, 0.25) is 0 Å². The van der Waals surface area contributed by atoms with E-state index in [1.54, 1.807) is 18.2 Å². The highest BCUT2D eigenvalue weighted by molar-refractivity contribution is 5.94. The molecule has 0 atom stereocenters. The number of rotatable bonds is 2. The Hall–Kier alpha value is -1.88. The van der Waals surface area contributed by atoms with E-state index in [9.17, 15) is 4.79 Å². The molecule has 0 fully saturated rings. The monoisotopic (exact) mass is 185 g/mol. The topological polar surface area (TPSA) is 40.9 Å². The molecule has 0 saturated heterocycles. The van der Waals surface area contributed by atoms with Gasteiger partial charge in [-0.15, -0.1) is 0 Å². The van der Waals surface area contributed by atoms with Crippen molar-refractivity contribution in [2.75, 3.05) is 0 Å². The van der Waals surface area contributed by atoms with Crippen LogP contribution in [0, 0.1) is 11.3 Å². The number of nitriles is 1. The van der Waals surface area contributed by atoms with Crippen molar-refractivity contribution in [2.24, 2.45) is 0 Å². The lowest BCUT2D eigenvalue weighted by Crippen LogP contribution is -1.86. The fourth-order valence-electron chi connectivity index (χ4n) is 1.20. The molecule has 1 aromatic carbocycles. The summed E-state index contributed by atoms with van der Waals surface area (Å²) in [6, 6.07) is 9.21. The van der Waals surface area contributed by atoms with Gasteiger partial charge in [0.25, 0.3) is 0 Å². The quantitative estimate of drug-likeness (QED) is 0.664. The van der Waals surface area contributed by atoms with E-state index >= 15 is 0 Å². The Kier molecular flexibility index (Phi) is 3.19. The zero-order valence-electron chi connectivity index (χ0n) is 8.24. The van der Waals surface area contributed by atoms with Gasteiger partial charge in [0.15, 0.2) is 5.78 Å². The van der Waals surface area contributed by atoms with Crippen molar-refractivity contribution in [2.45, 2.75) is 13.8 Å². The smallest absolute Gasteiger partial charge is 0.152 e. The Morgan fingerprint density at radius 1 is 1.29 bits per heavy atom. The van der Waals surface area contributed by atoms with E-state index in [-0.39, 0.29) is 5.78 Å². The maximum atomic E-state index is 10.8. The molecule has 1 rings (SSSR count). The van der Waals surface area contributed by atoms with Crippen molar-refractivity contribution < 1.29 is 4.79 Å². The molecular weight excluding hydrogens is 174 g/mol. The van der Waals surface area contributed by atoms with Crippen LogP contribution in [-0.2, 0) is 4.79 Å². The highest BCUT2D eigenvalue weighted by atomic mass is 16.1. The molecular formula is C12H11NO. The molecule has 14 heavy (non-hydrogen) atoms. The number of carbonyl (C=O) groups excluding carboxylic acids is 1. The van der Waals surface area contributed by atoms with E-state index < -0.39 is 0 Å². The summed E-state index contributed by atoms with van der Waals surface area (Å²) in [5.41, 5.74) is 2.52. The number of allylic oxidation sites excluding steroid dienone is 2. The van der Waals surface area contributed by atoms with Crippen molar-refractivity contribution in [3.8, 4) is 6.07 Å². The summed E-state index contributed by atoms with van der Waals surface area (Å²) in [7, 11) is 0. The molecule has 0 radical (unpaired) electrons. The second-order valence-corrected chi connectivity index (χ2v) is 3.13. The van der Waals surface area contributed by atoms with E-state index in [2.05, 4.69) is 0 Å². The normalized spacial score (nSPS) is 10.8. The molecule has 1 aromatic rings. The van der Waals surface area contributed by atoms with Crippen LogP contribution in [0.15, 0.2) is 30.3 Å². The number of nitrogens with zero attached hydrogens (tertiary/aromatic N) is 1. The van der Waals surface area contributed by atoms with Crippen LogP contribution in [-0.4, -0.2) is 5.78 Å². The van der Waals surface area contributed by atoms with Gasteiger partial charge in [0, 0.05) is 0 Å². The van der Waals surface area contributed by atoms with Crippen LogP contribution in [0.3, 0.4) is 0 Å². The molecule has 70 valence electrons. The summed E-state index contributed by atoms with van der Waals surface area (Å²) in [5, 5.41) is 8.59. The van der Waals surface area contributed by atoms with Gasteiger partial charge in [-0.1, -0.05) is 12.1 Å². The third-order valence-electron chi connectivity index (χ3n) is 1.89. The molecule has 0 aliphatic heterocycles. The van der Waals surface area contributed by atoms with Gasteiger partial charge in [-0.2, -0.15) is 5.26 Å². The first-order valence-corrected chi connectivity index (χ1v) is 4.33. The minimum absolute atomic E-state index is 0.0341. The fraction of sp³-hybridized carbons (Fsp3) is 0.167. The van der Waals surface area contributed by atoms with Crippen molar-refractivity contribution in [3.63, 3.8) is 0 Å². The van der Waals surface area contributed by atoms with Gasteiger partial charge in [-0.25, -0.2) is 0 Å². The van der Waals surface area contributed by atoms with Gasteiger partial charge < -0.3 is 0 Å². The maximum Gasteiger partial charge on any atom is 0.152 e. The average Bonchev–Trinajstić information content (AvgIpc) is 2.17. The Labute approximate surface area is 83.5 Å². The third-order valence-corrected chi connectivity index (χ3v) is 1.89. The minimum atomic E-state index is 0.0341. The second kappa shape index (κ2) is 4.38. The Morgan fingerprint density at radius 2 is 1.86 bits per heavy atom. The van der Waals surface area contributed by atoms with Crippen molar-refractivity contribution in [3.05, 3.63) is 41.5 Å². The second-order valence-electron chi connectivity index (χ2n) is 3.13. The van der Waals surface area contributed by atoms with Gasteiger partial charge in [-0.05, 0) is 43.2 Å². The summed E-state index contributed by atoms with van der Waals surface area (Å²) < 4.78 is 0. The summed E-state index contributed by atoms with van der Waals surface area (Å²) in [6.45, 7) is 3.40. The van der Waals surface area contributed by atoms with Crippen LogP contribution in [0.2, 0.25) is 0 Å². The van der Waals surface area contributed by atoms with Crippen LogP contribution in [0.4, 0.5) is 0 Å². The number of benzene rings is 1. The minimum Gasteiger partial charge on any atom is -0.295 e. The first-order valence-electron chi connectivity index (χ1n) is 4.33. The van der Waals surface area contributed by atoms with E-state index in [4.69, 9.17) is 5.26 Å². The predicted octanol–water partition coefficient (Wildman–Crippen LogP) is 2.55. The predicted molar refractivity (Wildman–Crippen MR) is 55.5 cm³/mol. The summed E-state index contributed by atoms with van der Waals surface area (Å²) in [5.74, 6) is 0.0341. The number of carbonyl (C=O) groups is 1. The molecule has 0 heterocycles.